The second-order valence-corrected chi connectivity index (χ2v) is 3.46. The third-order valence-electron chi connectivity index (χ3n) is 2.32. The van der Waals surface area contributed by atoms with Gasteiger partial charge in [0.25, 0.3) is 0 Å². The number of anilines is 1. The van der Waals surface area contributed by atoms with Crippen molar-refractivity contribution < 1.29 is 0 Å². The van der Waals surface area contributed by atoms with Gasteiger partial charge in [-0.25, -0.2) is 0 Å². The number of hydrogen-bond acceptors (Lipinski definition) is 3. The molecule has 4 heteroatoms. The lowest BCUT2D eigenvalue weighted by molar-refractivity contribution is 0.809. The van der Waals surface area contributed by atoms with Crippen LogP contribution in [0.25, 0.3) is 5.65 Å². The lowest BCUT2D eigenvalue weighted by Gasteiger charge is -2.03. The second kappa shape index (κ2) is 3.29. The van der Waals surface area contributed by atoms with E-state index < -0.39 is 0 Å². The van der Waals surface area contributed by atoms with Crippen LogP contribution in [0.5, 0.6) is 0 Å². The monoisotopic (exact) mass is 190 g/mol. The third kappa shape index (κ3) is 1.23. The Morgan fingerprint density at radius 1 is 1.36 bits per heavy atom. The minimum absolute atomic E-state index is 0.686. The largest absolute Gasteiger partial charge is 0.396 e. The number of pyridine rings is 1. The van der Waals surface area contributed by atoms with E-state index in [4.69, 9.17) is 5.73 Å². The van der Waals surface area contributed by atoms with Crippen molar-refractivity contribution in [3.63, 3.8) is 0 Å². The number of rotatable bonds is 2. The summed E-state index contributed by atoms with van der Waals surface area (Å²) in [5.41, 5.74) is 8.40. The lowest BCUT2D eigenvalue weighted by atomic mass is 10.3. The zero-order chi connectivity index (χ0) is 10.1. The van der Waals surface area contributed by atoms with Gasteiger partial charge >= 0.3 is 0 Å². The van der Waals surface area contributed by atoms with Gasteiger partial charge < -0.3 is 5.73 Å². The third-order valence-corrected chi connectivity index (χ3v) is 2.32. The van der Waals surface area contributed by atoms with Crippen molar-refractivity contribution in [3.05, 3.63) is 23.7 Å². The topological polar surface area (TPSA) is 56.2 Å². The highest BCUT2D eigenvalue weighted by atomic mass is 15.3. The first-order chi connectivity index (χ1) is 6.74. The van der Waals surface area contributed by atoms with Crippen LogP contribution in [0.2, 0.25) is 0 Å². The smallest absolute Gasteiger partial charge is 0.184 e. The summed E-state index contributed by atoms with van der Waals surface area (Å²) in [7, 11) is 0. The van der Waals surface area contributed by atoms with Crippen molar-refractivity contribution in [3.8, 4) is 0 Å². The number of nitrogens with zero attached hydrogens (tertiary/aromatic N) is 3. The molecule has 0 bridgehead atoms. The van der Waals surface area contributed by atoms with Gasteiger partial charge in [-0.05, 0) is 25.5 Å². The van der Waals surface area contributed by atoms with Crippen LogP contribution in [0.4, 0.5) is 5.69 Å². The van der Waals surface area contributed by atoms with Gasteiger partial charge in [0.05, 0.1) is 5.69 Å². The highest BCUT2D eigenvalue weighted by Gasteiger charge is 2.08. The Hall–Kier alpha value is -1.58. The molecule has 0 aliphatic rings. The summed E-state index contributed by atoms with van der Waals surface area (Å²) in [4.78, 5) is 0. The van der Waals surface area contributed by atoms with Crippen molar-refractivity contribution in [1.29, 1.82) is 0 Å². The van der Waals surface area contributed by atoms with Gasteiger partial charge in [0.2, 0.25) is 0 Å². The summed E-state index contributed by atoms with van der Waals surface area (Å²) >= 11 is 0. The molecule has 0 atom stereocenters. The molecule has 0 aromatic carbocycles. The van der Waals surface area contributed by atoms with Crippen LogP contribution in [-0.4, -0.2) is 14.6 Å². The van der Waals surface area contributed by atoms with Gasteiger partial charge in [-0.2, -0.15) is 0 Å². The summed E-state index contributed by atoms with van der Waals surface area (Å²) < 4.78 is 2.03. The van der Waals surface area contributed by atoms with E-state index in [1.807, 2.05) is 23.5 Å². The van der Waals surface area contributed by atoms with Crippen LogP contribution in [0, 0.1) is 6.92 Å². The fraction of sp³-hybridized carbons (Fsp3) is 0.400. The zero-order valence-corrected chi connectivity index (χ0v) is 8.49. The molecule has 74 valence electrons. The van der Waals surface area contributed by atoms with E-state index in [9.17, 15) is 0 Å². The SMILES string of the molecule is CCCc1nnc2c(N)ccc(C)n12. The number of aromatic nitrogens is 3. The Morgan fingerprint density at radius 3 is 2.86 bits per heavy atom. The summed E-state index contributed by atoms with van der Waals surface area (Å²) in [5.74, 6) is 0.993. The molecule has 0 fully saturated rings. The zero-order valence-electron chi connectivity index (χ0n) is 8.49. The minimum Gasteiger partial charge on any atom is -0.396 e. The Morgan fingerprint density at radius 2 is 2.14 bits per heavy atom. The number of nitrogen functional groups attached to an aromatic ring is 1. The summed E-state index contributed by atoms with van der Waals surface area (Å²) in [6.07, 6.45) is 2.00. The Bertz CT molecular complexity index is 458. The van der Waals surface area contributed by atoms with E-state index in [0.29, 0.717) is 5.69 Å². The van der Waals surface area contributed by atoms with E-state index in [2.05, 4.69) is 17.1 Å². The molecule has 0 amide bonds. The Balaban J connectivity index is 2.70. The average molecular weight is 190 g/mol. The van der Waals surface area contributed by atoms with E-state index in [-0.39, 0.29) is 0 Å². The van der Waals surface area contributed by atoms with Crippen molar-refractivity contribution >= 4 is 11.3 Å². The first-order valence-electron chi connectivity index (χ1n) is 4.83. The molecule has 0 aliphatic heterocycles. The first kappa shape index (κ1) is 8.99. The van der Waals surface area contributed by atoms with Crippen LogP contribution >= 0.6 is 0 Å². The quantitative estimate of drug-likeness (QED) is 0.782. The first-order valence-corrected chi connectivity index (χ1v) is 4.83. The summed E-state index contributed by atoms with van der Waals surface area (Å²) in [6, 6.07) is 3.86. The molecule has 0 saturated carbocycles. The van der Waals surface area contributed by atoms with Crippen LogP contribution in [-0.2, 0) is 6.42 Å². The van der Waals surface area contributed by atoms with Gasteiger partial charge in [0.15, 0.2) is 5.65 Å². The molecular weight excluding hydrogens is 176 g/mol. The van der Waals surface area contributed by atoms with Crippen LogP contribution in [0.15, 0.2) is 12.1 Å². The summed E-state index contributed by atoms with van der Waals surface area (Å²) in [5, 5.41) is 8.23. The Labute approximate surface area is 82.8 Å². The van der Waals surface area contributed by atoms with Crippen molar-refractivity contribution in [2.24, 2.45) is 0 Å². The molecule has 4 nitrogen and oxygen atoms in total. The number of aryl methyl sites for hydroxylation is 2. The standard InChI is InChI=1S/C10H14N4/c1-3-4-9-12-13-10-8(11)6-5-7(2)14(9)10/h5-6H,3-4,11H2,1-2H3. The molecule has 2 aromatic rings. The number of fused-ring (bicyclic) bond motifs is 1. The van der Waals surface area contributed by atoms with Crippen molar-refractivity contribution in [2.75, 3.05) is 5.73 Å². The van der Waals surface area contributed by atoms with E-state index in [0.717, 1.165) is 30.0 Å². The highest BCUT2D eigenvalue weighted by Crippen LogP contribution is 2.15. The van der Waals surface area contributed by atoms with Crippen molar-refractivity contribution in [1.82, 2.24) is 14.6 Å². The van der Waals surface area contributed by atoms with Crippen molar-refractivity contribution in [2.45, 2.75) is 26.7 Å². The molecular formula is C10H14N4. The minimum atomic E-state index is 0.686. The lowest BCUT2D eigenvalue weighted by Crippen LogP contribution is -2.00. The molecule has 0 saturated heterocycles. The van der Waals surface area contributed by atoms with E-state index >= 15 is 0 Å². The molecule has 0 aliphatic carbocycles. The predicted molar refractivity (Wildman–Crippen MR) is 56.1 cm³/mol. The van der Waals surface area contributed by atoms with Crippen LogP contribution < -0.4 is 5.73 Å². The second-order valence-electron chi connectivity index (χ2n) is 3.46. The van der Waals surface area contributed by atoms with Gasteiger partial charge in [-0.15, -0.1) is 10.2 Å². The summed E-state index contributed by atoms with van der Waals surface area (Å²) in [6.45, 7) is 4.16. The van der Waals surface area contributed by atoms with Gasteiger partial charge in [-0.3, -0.25) is 4.40 Å². The molecule has 2 heterocycles. The van der Waals surface area contributed by atoms with Gasteiger partial charge in [0, 0.05) is 12.1 Å². The number of nitrogens with two attached hydrogens (primary N) is 1. The van der Waals surface area contributed by atoms with Gasteiger partial charge in [0.1, 0.15) is 5.82 Å². The molecule has 2 rings (SSSR count). The molecule has 0 radical (unpaired) electrons. The normalized spacial score (nSPS) is 11.0. The average Bonchev–Trinajstić information content (AvgIpc) is 2.58. The fourth-order valence-electron chi connectivity index (χ4n) is 1.62. The molecule has 0 unspecified atom stereocenters. The van der Waals surface area contributed by atoms with E-state index in [1.165, 1.54) is 0 Å². The maximum atomic E-state index is 5.81. The predicted octanol–water partition coefficient (Wildman–Crippen LogP) is 1.57. The maximum absolute atomic E-state index is 5.81. The van der Waals surface area contributed by atoms with E-state index in [1.54, 1.807) is 0 Å². The molecule has 2 N–H and O–H groups in total. The maximum Gasteiger partial charge on any atom is 0.184 e. The number of hydrogen-bond donors (Lipinski definition) is 1. The highest BCUT2D eigenvalue weighted by molar-refractivity contribution is 5.64. The van der Waals surface area contributed by atoms with Crippen LogP contribution in [0.1, 0.15) is 24.9 Å². The molecule has 14 heavy (non-hydrogen) atoms. The van der Waals surface area contributed by atoms with Crippen LogP contribution in [0.3, 0.4) is 0 Å². The Kier molecular flexibility index (Phi) is 2.11. The molecule has 0 spiro atoms. The van der Waals surface area contributed by atoms with Gasteiger partial charge in [-0.1, -0.05) is 6.92 Å². The molecule has 2 aromatic heterocycles. The fourth-order valence-corrected chi connectivity index (χ4v) is 1.62.